The van der Waals surface area contributed by atoms with E-state index in [4.69, 9.17) is 28.1 Å². The van der Waals surface area contributed by atoms with E-state index >= 15 is 0 Å². The lowest BCUT2D eigenvalue weighted by molar-refractivity contribution is 0.325. The van der Waals surface area contributed by atoms with Crippen LogP contribution in [0.4, 0.5) is 0 Å². The molecule has 0 N–H and O–H groups in total. The molecule has 0 amide bonds. The maximum atomic E-state index is 12.9. The van der Waals surface area contributed by atoms with Gasteiger partial charge < -0.3 is 28.1 Å². The topological polar surface area (TPSA) is 76.4 Å². The second kappa shape index (κ2) is 8.02. The first-order chi connectivity index (χ1) is 13.5. The van der Waals surface area contributed by atoms with Gasteiger partial charge in [-0.1, -0.05) is 0 Å². The molecule has 0 saturated heterocycles. The first-order valence-electron chi connectivity index (χ1n) is 8.18. The van der Waals surface area contributed by atoms with Crippen LogP contribution in [0.2, 0.25) is 0 Å². The first-order valence-corrected chi connectivity index (χ1v) is 8.97. The number of hydrogen-bond acceptors (Lipinski definition) is 7. The summed E-state index contributed by atoms with van der Waals surface area (Å²) in [6, 6.07) is 6.64. The molecule has 0 radical (unpaired) electrons. The van der Waals surface area contributed by atoms with Crippen molar-refractivity contribution in [3.63, 3.8) is 0 Å². The van der Waals surface area contributed by atoms with Crippen LogP contribution in [-0.2, 0) is 0 Å². The molecule has 0 atom stereocenters. The quantitative estimate of drug-likeness (QED) is 0.554. The highest BCUT2D eigenvalue weighted by atomic mass is 79.9. The summed E-state index contributed by atoms with van der Waals surface area (Å²) in [5, 5.41) is 0.247. The maximum absolute atomic E-state index is 12.9. The van der Waals surface area contributed by atoms with Gasteiger partial charge in [0.2, 0.25) is 5.75 Å². The molecule has 0 bridgehead atoms. The lowest BCUT2D eigenvalue weighted by Gasteiger charge is -2.16. The van der Waals surface area contributed by atoms with Crippen molar-refractivity contribution in [3.8, 4) is 40.1 Å². The molecule has 148 valence electrons. The molecule has 0 spiro atoms. The number of rotatable bonds is 6. The number of benzene rings is 2. The van der Waals surface area contributed by atoms with Crippen molar-refractivity contribution in [2.24, 2.45) is 0 Å². The van der Waals surface area contributed by atoms with Crippen LogP contribution in [0.1, 0.15) is 0 Å². The van der Waals surface area contributed by atoms with Crippen LogP contribution in [0.5, 0.6) is 28.7 Å². The molecule has 0 aliphatic rings. The number of fused-ring (bicyclic) bond motifs is 1. The molecule has 0 aliphatic carbocycles. The Bertz CT molecular complexity index is 1090. The summed E-state index contributed by atoms with van der Waals surface area (Å²) in [6.07, 6.45) is 0. The van der Waals surface area contributed by atoms with Gasteiger partial charge in [-0.2, -0.15) is 0 Å². The Kier molecular flexibility index (Phi) is 5.69. The van der Waals surface area contributed by atoms with Gasteiger partial charge in [0.15, 0.2) is 34.0 Å². The van der Waals surface area contributed by atoms with Gasteiger partial charge in [0.05, 0.1) is 35.5 Å². The summed E-state index contributed by atoms with van der Waals surface area (Å²) in [6.45, 7) is 0. The minimum absolute atomic E-state index is 0.241. The van der Waals surface area contributed by atoms with Crippen molar-refractivity contribution < 1.29 is 28.1 Å². The first kappa shape index (κ1) is 19.9. The van der Waals surface area contributed by atoms with Crippen molar-refractivity contribution in [1.29, 1.82) is 0 Å². The van der Waals surface area contributed by atoms with E-state index in [1.54, 1.807) is 25.3 Å². The third-order valence-corrected chi connectivity index (χ3v) is 4.99. The smallest absolute Gasteiger partial charge is 0.205 e. The Balaban J connectivity index is 2.35. The van der Waals surface area contributed by atoms with Crippen LogP contribution in [0.15, 0.2) is 37.9 Å². The number of ether oxygens (including phenoxy) is 5. The van der Waals surface area contributed by atoms with Gasteiger partial charge in [0.25, 0.3) is 0 Å². The fraction of sp³-hybridized carbons (Fsp3) is 0.250. The summed E-state index contributed by atoms with van der Waals surface area (Å²) in [4.78, 5) is 12.9. The molecule has 0 unspecified atom stereocenters. The number of methoxy groups -OCH3 is 5. The highest BCUT2D eigenvalue weighted by molar-refractivity contribution is 9.10. The molecule has 7 nitrogen and oxygen atoms in total. The highest BCUT2D eigenvalue weighted by Crippen LogP contribution is 2.48. The Morgan fingerprint density at radius 2 is 1.43 bits per heavy atom. The molecule has 2 aromatic carbocycles. The molecule has 8 heteroatoms. The zero-order valence-electron chi connectivity index (χ0n) is 16.0. The van der Waals surface area contributed by atoms with E-state index in [0.29, 0.717) is 38.8 Å². The van der Waals surface area contributed by atoms with Crippen LogP contribution >= 0.6 is 15.9 Å². The lowest BCUT2D eigenvalue weighted by atomic mass is 10.1. The van der Waals surface area contributed by atoms with E-state index in [9.17, 15) is 4.79 Å². The second-order valence-electron chi connectivity index (χ2n) is 5.66. The summed E-state index contributed by atoms with van der Waals surface area (Å²) >= 11 is 3.45. The maximum Gasteiger partial charge on any atom is 0.205 e. The van der Waals surface area contributed by atoms with Crippen LogP contribution < -0.4 is 29.1 Å². The van der Waals surface area contributed by atoms with E-state index in [2.05, 4.69) is 15.9 Å². The molecule has 0 saturated carbocycles. The zero-order valence-corrected chi connectivity index (χ0v) is 17.6. The molecule has 1 heterocycles. The van der Waals surface area contributed by atoms with Crippen molar-refractivity contribution >= 4 is 26.9 Å². The summed E-state index contributed by atoms with van der Waals surface area (Å²) in [5.74, 6) is 2.35. The molecular weight excluding hydrogens is 432 g/mol. The lowest BCUT2D eigenvalue weighted by Crippen LogP contribution is -2.06. The van der Waals surface area contributed by atoms with Crippen molar-refractivity contribution in [3.05, 3.63) is 39.0 Å². The van der Waals surface area contributed by atoms with E-state index in [1.807, 2.05) is 0 Å². The molecule has 3 rings (SSSR count). The second-order valence-corrected chi connectivity index (χ2v) is 6.46. The van der Waals surface area contributed by atoms with Crippen LogP contribution in [-0.4, -0.2) is 35.5 Å². The van der Waals surface area contributed by atoms with Gasteiger partial charge >= 0.3 is 0 Å². The van der Waals surface area contributed by atoms with Crippen molar-refractivity contribution in [2.45, 2.75) is 0 Å². The fourth-order valence-electron chi connectivity index (χ4n) is 2.98. The van der Waals surface area contributed by atoms with E-state index in [1.165, 1.54) is 34.5 Å². The van der Waals surface area contributed by atoms with Gasteiger partial charge in [-0.3, -0.25) is 4.79 Å². The molecule has 0 aliphatic heterocycles. The summed E-state index contributed by atoms with van der Waals surface area (Å²) < 4.78 is 33.3. The Hall–Kier alpha value is -2.87. The zero-order chi connectivity index (χ0) is 20.4. The Labute approximate surface area is 169 Å². The van der Waals surface area contributed by atoms with Gasteiger partial charge in [0.1, 0.15) is 15.6 Å². The van der Waals surface area contributed by atoms with Crippen LogP contribution in [0, 0.1) is 0 Å². The van der Waals surface area contributed by atoms with Gasteiger partial charge in [-0.25, -0.2) is 0 Å². The minimum atomic E-state index is -0.287. The number of hydrogen-bond donors (Lipinski definition) is 0. The third kappa shape index (κ3) is 3.13. The van der Waals surface area contributed by atoms with Gasteiger partial charge in [-0.05, 0) is 34.1 Å². The van der Waals surface area contributed by atoms with Crippen molar-refractivity contribution in [2.75, 3.05) is 35.5 Å². The molecule has 28 heavy (non-hydrogen) atoms. The van der Waals surface area contributed by atoms with Gasteiger partial charge in [0, 0.05) is 11.6 Å². The van der Waals surface area contributed by atoms with E-state index < -0.39 is 0 Å². The molecular formula is C20H19BrO7. The predicted octanol–water partition coefficient (Wildman–Crippen LogP) is 4.27. The molecule has 1 aromatic heterocycles. The Morgan fingerprint density at radius 1 is 0.786 bits per heavy atom. The average molecular weight is 451 g/mol. The fourth-order valence-corrected chi connectivity index (χ4v) is 3.60. The summed E-state index contributed by atoms with van der Waals surface area (Å²) in [7, 11) is 7.50. The average Bonchev–Trinajstić information content (AvgIpc) is 2.72. The highest BCUT2D eigenvalue weighted by Gasteiger charge is 2.25. The predicted molar refractivity (Wildman–Crippen MR) is 108 cm³/mol. The Morgan fingerprint density at radius 3 is 2.00 bits per heavy atom. The van der Waals surface area contributed by atoms with Crippen LogP contribution in [0.3, 0.4) is 0 Å². The van der Waals surface area contributed by atoms with Crippen LogP contribution in [0.25, 0.3) is 22.3 Å². The largest absolute Gasteiger partial charge is 0.493 e. The standard InChI is InChI=1S/C20H19BrO7/c1-23-12-7-6-10(8-14(12)24-2)13-9-11(22)15-17(28-13)16(21)19(26-4)20(27-5)18(15)25-3/h6-9H,1-5H3. The molecule has 0 fully saturated rings. The minimum Gasteiger partial charge on any atom is -0.493 e. The number of halogens is 1. The monoisotopic (exact) mass is 450 g/mol. The summed E-state index contributed by atoms with van der Waals surface area (Å²) in [5.41, 5.74) is 0.647. The van der Waals surface area contributed by atoms with Crippen molar-refractivity contribution in [1.82, 2.24) is 0 Å². The normalized spacial score (nSPS) is 10.6. The molecule has 3 aromatic rings. The van der Waals surface area contributed by atoms with Gasteiger partial charge in [-0.15, -0.1) is 0 Å². The van der Waals surface area contributed by atoms with E-state index in [-0.39, 0.29) is 22.1 Å². The SMILES string of the molecule is COc1ccc(-c2cc(=O)c3c(OC)c(OC)c(OC)c(Br)c3o2)cc1OC. The van der Waals surface area contributed by atoms with E-state index in [0.717, 1.165) is 0 Å². The third-order valence-electron chi connectivity index (χ3n) is 4.27.